The predicted molar refractivity (Wildman–Crippen MR) is 41.5 cm³/mol. The number of aliphatic carboxylic acids is 1. The molecule has 0 bridgehead atoms. The molecule has 6 heteroatoms. The lowest BCUT2D eigenvalue weighted by atomic mass is 9.89. The van der Waals surface area contributed by atoms with Gasteiger partial charge in [-0.05, 0) is 0 Å². The molecule has 13 heavy (non-hydrogen) atoms. The topological polar surface area (TPSA) is 124 Å². The molecule has 0 spiro atoms. The Labute approximate surface area is 73.9 Å². The summed E-state index contributed by atoms with van der Waals surface area (Å²) < 4.78 is 0. The average Bonchev–Trinajstić information content (AvgIpc) is 2.07. The molecule has 0 amide bonds. The molecular formula is C7H11NO5. The predicted octanol–water partition coefficient (Wildman–Crippen LogP) is -2.23. The average molecular weight is 189 g/mol. The van der Waals surface area contributed by atoms with E-state index < -0.39 is 24.3 Å². The first-order valence-electron chi connectivity index (χ1n) is 3.71. The molecule has 0 aromatic carbocycles. The zero-order valence-corrected chi connectivity index (χ0v) is 6.71. The second-order valence-electron chi connectivity index (χ2n) is 2.95. The summed E-state index contributed by atoms with van der Waals surface area (Å²) in [7, 11) is 0. The van der Waals surface area contributed by atoms with Crippen molar-refractivity contribution in [1.29, 1.82) is 0 Å². The molecule has 0 aromatic rings. The third-order valence-electron chi connectivity index (χ3n) is 2.06. The Hall–Kier alpha value is -1.11. The van der Waals surface area contributed by atoms with Gasteiger partial charge in [-0.3, -0.25) is 0 Å². The summed E-state index contributed by atoms with van der Waals surface area (Å²) in [6, 6.07) is 0. The van der Waals surface area contributed by atoms with Gasteiger partial charge in [0.25, 0.3) is 0 Å². The number of carbonyl (C=O) groups is 1. The second kappa shape index (κ2) is 3.33. The van der Waals surface area contributed by atoms with Crippen molar-refractivity contribution in [2.75, 3.05) is 0 Å². The Balaban J connectivity index is 3.01. The smallest absolute Gasteiger partial charge is 0.333 e. The summed E-state index contributed by atoms with van der Waals surface area (Å²) >= 11 is 0. The third-order valence-corrected chi connectivity index (χ3v) is 2.06. The van der Waals surface area contributed by atoms with Gasteiger partial charge >= 0.3 is 5.97 Å². The number of hydrogen-bond donors (Lipinski definition) is 5. The largest absolute Gasteiger partial charge is 0.478 e. The number of aliphatic hydroxyl groups is 3. The molecule has 6 N–H and O–H groups in total. The quantitative estimate of drug-likeness (QED) is 0.318. The van der Waals surface area contributed by atoms with Crippen LogP contribution in [0.4, 0.5) is 0 Å². The second-order valence-corrected chi connectivity index (χ2v) is 2.95. The first kappa shape index (κ1) is 9.97. The summed E-state index contributed by atoms with van der Waals surface area (Å²) in [6.45, 7) is 0. The van der Waals surface area contributed by atoms with Crippen LogP contribution in [-0.4, -0.2) is 44.7 Å². The van der Waals surface area contributed by atoms with E-state index in [0.29, 0.717) is 0 Å². The van der Waals surface area contributed by atoms with Gasteiger partial charge in [-0.15, -0.1) is 0 Å². The zero-order valence-electron chi connectivity index (χ0n) is 6.71. The van der Waals surface area contributed by atoms with Gasteiger partial charge in [-0.1, -0.05) is 0 Å². The van der Waals surface area contributed by atoms with Crippen molar-refractivity contribution in [3.63, 3.8) is 0 Å². The van der Waals surface area contributed by atoms with Crippen LogP contribution >= 0.6 is 0 Å². The number of aliphatic hydroxyl groups excluding tert-OH is 3. The summed E-state index contributed by atoms with van der Waals surface area (Å²) in [4.78, 5) is 10.5. The Morgan fingerprint density at radius 1 is 1.38 bits per heavy atom. The van der Waals surface area contributed by atoms with Gasteiger partial charge in [-0.25, -0.2) is 4.79 Å². The van der Waals surface area contributed by atoms with Crippen LogP contribution in [0.15, 0.2) is 11.3 Å². The molecule has 0 saturated heterocycles. The van der Waals surface area contributed by atoms with E-state index in [4.69, 9.17) is 21.1 Å². The maximum atomic E-state index is 10.5. The molecule has 0 aromatic heterocycles. The normalized spacial score (nSPS) is 34.8. The third kappa shape index (κ3) is 1.64. The number of carboxylic acids is 1. The van der Waals surface area contributed by atoms with Gasteiger partial charge in [0.1, 0.15) is 12.2 Å². The minimum Gasteiger partial charge on any atom is -0.478 e. The highest BCUT2D eigenvalue weighted by Gasteiger charge is 2.36. The lowest BCUT2D eigenvalue weighted by Gasteiger charge is -2.29. The van der Waals surface area contributed by atoms with Crippen molar-refractivity contribution < 1.29 is 25.2 Å². The van der Waals surface area contributed by atoms with Crippen LogP contribution in [0, 0.1) is 0 Å². The molecular weight excluding hydrogens is 178 g/mol. The Bertz CT molecular complexity index is 262. The van der Waals surface area contributed by atoms with Crippen molar-refractivity contribution in [3.05, 3.63) is 11.3 Å². The van der Waals surface area contributed by atoms with Crippen LogP contribution in [-0.2, 0) is 4.79 Å². The Morgan fingerprint density at radius 3 is 2.38 bits per heavy atom. The first-order chi connectivity index (χ1) is 5.95. The van der Waals surface area contributed by atoms with Crippen molar-refractivity contribution in [2.45, 2.75) is 24.7 Å². The summed E-state index contributed by atoms with van der Waals surface area (Å²) in [5.41, 5.74) is 4.72. The molecule has 0 heterocycles. The molecule has 1 aliphatic carbocycles. The Kier molecular flexibility index (Phi) is 2.55. The Morgan fingerprint density at radius 2 is 1.92 bits per heavy atom. The minimum absolute atomic E-state index is 0.245. The molecule has 3 unspecified atom stereocenters. The fourth-order valence-corrected chi connectivity index (χ4v) is 1.23. The van der Waals surface area contributed by atoms with Gasteiger partial charge in [0.15, 0.2) is 0 Å². The maximum Gasteiger partial charge on any atom is 0.333 e. The minimum atomic E-state index is -1.50. The highest BCUT2D eigenvalue weighted by Crippen LogP contribution is 2.23. The van der Waals surface area contributed by atoms with Crippen LogP contribution in [0.2, 0.25) is 0 Å². The zero-order chi connectivity index (χ0) is 10.2. The van der Waals surface area contributed by atoms with E-state index in [1.54, 1.807) is 0 Å². The van der Waals surface area contributed by atoms with Gasteiger partial charge in [0.2, 0.25) is 0 Å². The summed E-state index contributed by atoms with van der Waals surface area (Å²) in [5, 5.41) is 36.0. The molecule has 0 aliphatic heterocycles. The highest BCUT2D eigenvalue weighted by atomic mass is 16.4. The van der Waals surface area contributed by atoms with Gasteiger partial charge in [-0.2, -0.15) is 0 Å². The standard InChI is InChI=1S/C7H11NO5/c8-4-2(7(12)13)1-3(9)5(10)6(4)11/h3,5-6,9-11H,1,8H2,(H,12,13). The van der Waals surface area contributed by atoms with Crippen LogP contribution in [0.1, 0.15) is 6.42 Å². The lowest BCUT2D eigenvalue weighted by Crippen LogP contribution is -2.46. The molecule has 3 atom stereocenters. The van der Waals surface area contributed by atoms with Crippen molar-refractivity contribution in [2.24, 2.45) is 5.73 Å². The van der Waals surface area contributed by atoms with Crippen molar-refractivity contribution in [3.8, 4) is 0 Å². The molecule has 6 nitrogen and oxygen atoms in total. The number of carboxylic acid groups (broad SMARTS) is 1. The SMILES string of the molecule is NC1=C(C(=O)O)CC(O)C(O)C1O. The number of nitrogens with two attached hydrogens (primary N) is 1. The van der Waals surface area contributed by atoms with Gasteiger partial charge in [0, 0.05) is 6.42 Å². The fraction of sp³-hybridized carbons (Fsp3) is 0.571. The molecule has 0 radical (unpaired) electrons. The van der Waals surface area contributed by atoms with E-state index >= 15 is 0 Å². The first-order valence-corrected chi connectivity index (χ1v) is 3.71. The molecule has 0 saturated carbocycles. The summed E-state index contributed by atoms with van der Waals surface area (Å²) in [5.74, 6) is -1.29. The van der Waals surface area contributed by atoms with E-state index in [2.05, 4.69) is 0 Å². The van der Waals surface area contributed by atoms with E-state index in [0.717, 1.165) is 0 Å². The molecule has 1 rings (SSSR count). The summed E-state index contributed by atoms with van der Waals surface area (Å²) in [6.07, 6.45) is -4.45. The molecule has 1 aliphatic rings. The van der Waals surface area contributed by atoms with E-state index in [9.17, 15) is 9.90 Å². The van der Waals surface area contributed by atoms with E-state index in [1.165, 1.54) is 0 Å². The number of hydrogen-bond acceptors (Lipinski definition) is 5. The molecule has 74 valence electrons. The van der Waals surface area contributed by atoms with Crippen LogP contribution in [0.5, 0.6) is 0 Å². The van der Waals surface area contributed by atoms with Crippen LogP contribution in [0.3, 0.4) is 0 Å². The highest BCUT2D eigenvalue weighted by molar-refractivity contribution is 5.88. The van der Waals surface area contributed by atoms with Crippen LogP contribution in [0.25, 0.3) is 0 Å². The van der Waals surface area contributed by atoms with Gasteiger partial charge in [0.05, 0.1) is 17.4 Å². The number of rotatable bonds is 1. The fourth-order valence-electron chi connectivity index (χ4n) is 1.23. The monoisotopic (exact) mass is 189 g/mol. The lowest BCUT2D eigenvalue weighted by molar-refractivity contribution is -0.134. The van der Waals surface area contributed by atoms with Crippen molar-refractivity contribution in [1.82, 2.24) is 0 Å². The van der Waals surface area contributed by atoms with Gasteiger partial charge < -0.3 is 26.2 Å². The van der Waals surface area contributed by atoms with E-state index in [-0.39, 0.29) is 17.7 Å². The van der Waals surface area contributed by atoms with E-state index in [1.807, 2.05) is 0 Å². The maximum absolute atomic E-state index is 10.5. The van der Waals surface area contributed by atoms with Crippen molar-refractivity contribution >= 4 is 5.97 Å². The molecule has 0 fully saturated rings. The van der Waals surface area contributed by atoms with Crippen LogP contribution < -0.4 is 5.73 Å².